The van der Waals surface area contributed by atoms with Crippen LogP contribution < -0.4 is 5.32 Å². The molecular formula is C11H23FN2. The van der Waals surface area contributed by atoms with Gasteiger partial charge in [-0.25, -0.2) is 4.39 Å². The molecule has 0 aromatic carbocycles. The molecule has 0 aliphatic carbocycles. The van der Waals surface area contributed by atoms with Crippen LogP contribution in [0, 0.1) is 0 Å². The van der Waals surface area contributed by atoms with Crippen molar-refractivity contribution in [1.29, 1.82) is 0 Å². The Hall–Kier alpha value is -0.150. The molecule has 0 radical (unpaired) electrons. The Labute approximate surface area is 86.9 Å². The van der Waals surface area contributed by atoms with Crippen molar-refractivity contribution in [2.45, 2.75) is 58.4 Å². The molecule has 1 N–H and O–H groups in total. The van der Waals surface area contributed by atoms with Gasteiger partial charge < -0.3 is 5.32 Å². The van der Waals surface area contributed by atoms with E-state index in [1.165, 1.54) is 0 Å². The zero-order valence-corrected chi connectivity index (χ0v) is 9.76. The van der Waals surface area contributed by atoms with Gasteiger partial charge in [-0.05, 0) is 34.1 Å². The van der Waals surface area contributed by atoms with Crippen LogP contribution in [-0.2, 0) is 0 Å². The summed E-state index contributed by atoms with van der Waals surface area (Å²) in [4.78, 5) is 2.41. The monoisotopic (exact) mass is 202 g/mol. The van der Waals surface area contributed by atoms with E-state index in [4.69, 9.17) is 0 Å². The molecule has 84 valence electrons. The molecule has 0 spiro atoms. The SMILES string of the molecule is CC(C)N(CC1CC(F)CN1)C(C)C. The Kier molecular flexibility index (Phi) is 4.32. The highest BCUT2D eigenvalue weighted by Crippen LogP contribution is 2.14. The minimum atomic E-state index is -0.638. The molecule has 0 bridgehead atoms. The first-order chi connectivity index (χ1) is 6.50. The molecule has 0 aromatic heterocycles. The maximum atomic E-state index is 12.9. The van der Waals surface area contributed by atoms with Gasteiger partial charge in [0.2, 0.25) is 0 Å². The third-order valence-electron chi connectivity index (χ3n) is 2.93. The molecule has 0 saturated carbocycles. The number of alkyl halides is 1. The predicted octanol–water partition coefficient (Wildman–Crippen LogP) is 1.81. The number of nitrogens with zero attached hydrogens (tertiary/aromatic N) is 1. The number of hydrogen-bond donors (Lipinski definition) is 1. The average molecular weight is 202 g/mol. The Balaban J connectivity index is 2.40. The van der Waals surface area contributed by atoms with Gasteiger partial charge in [0, 0.05) is 31.2 Å². The van der Waals surface area contributed by atoms with Crippen molar-refractivity contribution < 1.29 is 4.39 Å². The molecule has 1 aliphatic heterocycles. The first-order valence-electron chi connectivity index (χ1n) is 5.64. The van der Waals surface area contributed by atoms with Crippen molar-refractivity contribution in [2.75, 3.05) is 13.1 Å². The van der Waals surface area contributed by atoms with E-state index in [2.05, 4.69) is 37.9 Å². The number of rotatable bonds is 4. The molecule has 1 rings (SSSR count). The lowest BCUT2D eigenvalue weighted by Gasteiger charge is -2.32. The van der Waals surface area contributed by atoms with Crippen LogP contribution >= 0.6 is 0 Å². The van der Waals surface area contributed by atoms with Crippen LogP contribution in [0.4, 0.5) is 4.39 Å². The van der Waals surface area contributed by atoms with Gasteiger partial charge in [0.15, 0.2) is 0 Å². The molecular weight excluding hydrogens is 179 g/mol. The van der Waals surface area contributed by atoms with Gasteiger partial charge in [-0.15, -0.1) is 0 Å². The summed E-state index contributed by atoms with van der Waals surface area (Å²) < 4.78 is 12.9. The minimum Gasteiger partial charge on any atom is -0.310 e. The summed E-state index contributed by atoms with van der Waals surface area (Å²) in [7, 11) is 0. The molecule has 1 heterocycles. The van der Waals surface area contributed by atoms with E-state index >= 15 is 0 Å². The maximum Gasteiger partial charge on any atom is 0.114 e. The van der Waals surface area contributed by atoms with Gasteiger partial charge >= 0.3 is 0 Å². The van der Waals surface area contributed by atoms with Gasteiger partial charge in [-0.2, -0.15) is 0 Å². The molecule has 2 nitrogen and oxygen atoms in total. The van der Waals surface area contributed by atoms with Gasteiger partial charge in [-0.3, -0.25) is 4.90 Å². The van der Waals surface area contributed by atoms with Crippen molar-refractivity contribution in [1.82, 2.24) is 10.2 Å². The Morgan fingerprint density at radius 3 is 2.21 bits per heavy atom. The van der Waals surface area contributed by atoms with Crippen molar-refractivity contribution >= 4 is 0 Å². The first-order valence-corrected chi connectivity index (χ1v) is 5.64. The predicted molar refractivity (Wildman–Crippen MR) is 58.3 cm³/mol. The summed E-state index contributed by atoms with van der Waals surface area (Å²) in [6.07, 6.45) is 0.0387. The fraction of sp³-hybridized carbons (Fsp3) is 1.00. The number of nitrogens with one attached hydrogen (secondary N) is 1. The second-order valence-electron chi connectivity index (χ2n) is 4.82. The van der Waals surface area contributed by atoms with Crippen LogP contribution in [0.25, 0.3) is 0 Å². The Morgan fingerprint density at radius 1 is 1.29 bits per heavy atom. The third kappa shape index (κ3) is 3.21. The smallest absolute Gasteiger partial charge is 0.114 e. The van der Waals surface area contributed by atoms with E-state index in [9.17, 15) is 4.39 Å². The van der Waals surface area contributed by atoms with Crippen molar-refractivity contribution in [3.63, 3.8) is 0 Å². The summed E-state index contributed by atoms with van der Waals surface area (Å²) in [6.45, 7) is 10.3. The van der Waals surface area contributed by atoms with Crippen molar-refractivity contribution in [3.8, 4) is 0 Å². The third-order valence-corrected chi connectivity index (χ3v) is 2.93. The van der Waals surface area contributed by atoms with Gasteiger partial charge in [0.05, 0.1) is 0 Å². The Morgan fingerprint density at radius 2 is 1.86 bits per heavy atom. The lowest BCUT2D eigenvalue weighted by molar-refractivity contribution is 0.158. The summed E-state index contributed by atoms with van der Waals surface area (Å²) in [5.74, 6) is 0. The summed E-state index contributed by atoms with van der Waals surface area (Å²) in [5.41, 5.74) is 0. The standard InChI is InChI=1S/C11H23FN2/c1-8(2)14(9(3)4)7-11-5-10(12)6-13-11/h8-11,13H,5-7H2,1-4H3. The normalized spacial score (nSPS) is 28.3. The second kappa shape index (κ2) is 5.08. The molecule has 2 unspecified atom stereocenters. The van der Waals surface area contributed by atoms with E-state index < -0.39 is 6.17 Å². The van der Waals surface area contributed by atoms with Crippen LogP contribution in [0.3, 0.4) is 0 Å². The van der Waals surface area contributed by atoms with E-state index in [1.807, 2.05) is 0 Å². The average Bonchev–Trinajstić information content (AvgIpc) is 2.46. The number of halogens is 1. The molecule has 1 fully saturated rings. The van der Waals surface area contributed by atoms with E-state index in [0.717, 1.165) is 6.54 Å². The second-order valence-corrected chi connectivity index (χ2v) is 4.82. The molecule has 2 atom stereocenters. The summed E-state index contributed by atoms with van der Waals surface area (Å²) >= 11 is 0. The zero-order valence-electron chi connectivity index (χ0n) is 9.76. The molecule has 1 saturated heterocycles. The van der Waals surface area contributed by atoms with Gasteiger partial charge in [0.25, 0.3) is 0 Å². The van der Waals surface area contributed by atoms with E-state index in [0.29, 0.717) is 31.1 Å². The Bertz CT molecular complexity index is 163. The molecule has 0 aromatic rings. The highest BCUT2D eigenvalue weighted by atomic mass is 19.1. The van der Waals surface area contributed by atoms with Crippen LogP contribution in [0.1, 0.15) is 34.1 Å². The molecule has 0 amide bonds. The fourth-order valence-electron chi connectivity index (χ4n) is 2.18. The lowest BCUT2D eigenvalue weighted by Crippen LogP contribution is -2.44. The zero-order chi connectivity index (χ0) is 10.7. The van der Waals surface area contributed by atoms with Crippen LogP contribution in [0.5, 0.6) is 0 Å². The van der Waals surface area contributed by atoms with Gasteiger partial charge in [-0.1, -0.05) is 0 Å². The fourth-order valence-corrected chi connectivity index (χ4v) is 2.18. The quantitative estimate of drug-likeness (QED) is 0.748. The highest BCUT2D eigenvalue weighted by molar-refractivity contribution is 4.85. The van der Waals surface area contributed by atoms with Crippen molar-refractivity contribution in [2.24, 2.45) is 0 Å². The van der Waals surface area contributed by atoms with Crippen molar-refractivity contribution in [3.05, 3.63) is 0 Å². The minimum absolute atomic E-state index is 0.342. The van der Waals surface area contributed by atoms with Crippen LogP contribution in [0.2, 0.25) is 0 Å². The molecule has 14 heavy (non-hydrogen) atoms. The van der Waals surface area contributed by atoms with E-state index in [1.54, 1.807) is 0 Å². The van der Waals surface area contributed by atoms with Crippen LogP contribution in [-0.4, -0.2) is 42.3 Å². The van der Waals surface area contributed by atoms with Gasteiger partial charge in [0.1, 0.15) is 6.17 Å². The topological polar surface area (TPSA) is 15.3 Å². The first kappa shape index (κ1) is 11.9. The summed E-state index contributed by atoms with van der Waals surface area (Å²) in [5, 5.41) is 3.23. The maximum absolute atomic E-state index is 12.9. The molecule has 3 heteroatoms. The number of hydrogen-bond acceptors (Lipinski definition) is 2. The highest BCUT2D eigenvalue weighted by Gasteiger charge is 2.26. The lowest BCUT2D eigenvalue weighted by atomic mass is 10.1. The molecule has 1 aliphatic rings. The largest absolute Gasteiger partial charge is 0.310 e. The summed E-state index contributed by atoms with van der Waals surface area (Å²) in [6, 6.07) is 1.42. The van der Waals surface area contributed by atoms with E-state index in [-0.39, 0.29) is 0 Å². The van der Waals surface area contributed by atoms with Crippen LogP contribution in [0.15, 0.2) is 0 Å².